The number of rotatable bonds is 7. The highest BCUT2D eigenvalue weighted by Crippen LogP contribution is 2.36. The van der Waals surface area contributed by atoms with Crippen LogP contribution in [0, 0.1) is 5.41 Å². The molecule has 18 heavy (non-hydrogen) atoms. The van der Waals surface area contributed by atoms with Crippen molar-refractivity contribution in [3.8, 4) is 0 Å². The molecule has 1 aliphatic carbocycles. The fraction of sp³-hybridized carbons (Fsp3) is 0.786. The van der Waals surface area contributed by atoms with Crippen molar-refractivity contribution in [2.24, 2.45) is 5.41 Å². The molecule has 0 aliphatic heterocycles. The van der Waals surface area contributed by atoms with Gasteiger partial charge in [-0.05, 0) is 19.3 Å². The maximum absolute atomic E-state index is 9.53. The second-order valence-corrected chi connectivity index (χ2v) is 5.58. The van der Waals surface area contributed by atoms with Gasteiger partial charge >= 0.3 is 0 Å². The Morgan fingerprint density at radius 2 is 2.22 bits per heavy atom. The molecule has 102 valence electrons. The summed E-state index contributed by atoms with van der Waals surface area (Å²) in [7, 11) is 0. The number of nitrogens with one attached hydrogen (secondary N) is 1. The van der Waals surface area contributed by atoms with Crippen LogP contribution in [0.1, 0.15) is 44.6 Å². The standard InChI is InChI=1S/C14H25N3O/c1-2-7-17-10-13(9-16-17)8-15-11-14(12-18)5-3-4-6-14/h9-10,15,18H,2-8,11-12H2,1H3. The lowest BCUT2D eigenvalue weighted by Crippen LogP contribution is -2.34. The molecule has 0 atom stereocenters. The number of aromatic nitrogens is 2. The largest absolute Gasteiger partial charge is 0.396 e. The summed E-state index contributed by atoms with van der Waals surface area (Å²) in [5.41, 5.74) is 1.37. The van der Waals surface area contributed by atoms with E-state index in [4.69, 9.17) is 0 Å². The van der Waals surface area contributed by atoms with Gasteiger partial charge in [0.2, 0.25) is 0 Å². The first kappa shape index (κ1) is 13.6. The Labute approximate surface area is 109 Å². The Kier molecular flexibility index (Phi) is 4.78. The summed E-state index contributed by atoms with van der Waals surface area (Å²) in [4.78, 5) is 0. The van der Waals surface area contributed by atoms with E-state index in [1.54, 1.807) is 0 Å². The third-order valence-electron chi connectivity index (χ3n) is 3.97. The van der Waals surface area contributed by atoms with Crippen LogP contribution < -0.4 is 5.32 Å². The number of aliphatic hydroxyl groups excluding tert-OH is 1. The molecular weight excluding hydrogens is 226 g/mol. The average Bonchev–Trinajstić information content (AvgIpc) is 3.00. The molecular formula is C14H25N3O. The van der Waals surface area contributed by atoms with Crippen LogP contribution >= 0.6 is 0 Å². The molecule has 1 aliphatic rings. The summed E-state index contributed by atoms with van der Waals surface area (Å²) >= 11 is 0. The van der Waals surface area contributed by atoms with Gasteiger partial charge in [-0.15, -0.1) is 0 Å². The highest BCUT2D eigenvalue weighted by atomic mass is 16.3. The molecule has 0 unspecified atom stereocenters. The van der Waals surface area contributed by atoms with Crippen LogP contribution in [0.2, 0.25) is 0 Å². The molecule has 2 N–H and O–H groups in total. The lowest BCUT2D eigenvalue weighted by Gasteiger charge is -2.26. The first-order valence-electron chi connectivity index (χ1n) is 7.11. The maximum atomic E-state index is 9.53. The zero-order valence-electron chi connectivity index (χ0n) is 11.4. The minimum Gasteiger partial charge on any atom is -0.396 e. The van der Waals surface area contributed by atoms with Gasteiger partial charge in [0, 0.05) is 43.4 Å². The summed E-state index contributed by atoms with van der Waals surface area (Å²) in [5, 5.41) is 17.3. The molecule has 1 saturated carbocycles. The Bertz CT molecular complexity index is 356. The molecule has 0 radical (unpaired) electrons. The molecule has 1 heterocycles. The molecule has 1 aromatic heterocycles. The topological polar surface area (TPSA) is 50.1 Å². The van der Waals surface area contributed by atoms with Gasteiger partial charge in [0.1, 0.15) is 0 Å². The van der Waals surface area contributed by atoms with Gasteiger partial charge in [-0.2, -0.15) is 5.10 Å². The summed E-state index contributed by atoms with van der Waals surface area (Å²) in [6, 6.07) is 0. The molecule has 0 amide bonds. The van der Waals surface area contributed by atoms with Gasteiger partial charge in [-0.1, -0.05) is 19.8 Å². The van der Waals surface area contributed by atoms with Crippen LogP contribution in [0.5, 0.6) is 0 Å². The Balaban J connectivity index is 1.76. The van der Waals surface area contributed by atoms with Crippen LogP contribution in [0.15, 0.2) is 12.4 Å². The third-order valence-corrected chi connectivity index (χ3v) is 3.97. The number of aliphatic hydroxyl groups is 1. The van der Waals surface area contributed by atoms with E-state index in [2.05, 4.69) is 23.5 Å². The average molecular weight is 251 g/mol. The quantitative estimate of drug-likeness (QED) is 0.778. The molecule has 1 fully saturated rings. The minimum atomic E-state index is 0.138. The van der Waals surface area contributed by atoms with Crippen molar-refractivity contribution >= 4 is 0 Å². The highest BCUT2D eigenvalue weighted by molar-refractivity contribution is 5.03. The van der Waals surface area contributed by atoms with E-state index in [0.29, 0.717) is 6.61 Å². The van der Waals surface area contributed by atoms with Crippen molar-refractivity contribution in [2.75, 3.05) is 13.2 Å². The zero-order chi connectivity index (χ0) is 12.8. The van der Waals surface area contributed by atoms with E-state index >= 15 is 0 Å². The molecule has 0 spiro atoms. The van der Waals surface area contributed by atoms with Crippen molar-refractivity contribution in [1.29, 1.82) is 0 Å². The molecule has 0 saturated heterocycles. The highest BCUT2D eigenvalue weighted by Gasteiger charge is 2.32. The van der Waals surface area contributed by atoms with E-state index < -0.39 is 0 Å². The van der Waals surface area contributed by atoms with Crippen molar-refractivity contribution in [3.63, 3.8) is 0 Å². The number of hydrogen-bond acceptors (Lipinski definition) is 3. The van der Waals surface area contributed by atoms with E-state index in [-0.39, 0.29) is 5.41 Å². The molecule has 4 heteroatoms. The van der Waals surface area contributed by atoms with Gasteiger partial charge < -0.3 is 10.4 Å². The first-order chi connectivity index (χ1) is 8.78. The fourth-order valence-corrected chi connectivity index (χ4v) is 2.84. The molecule has 4 nitrogen and oxygen atoms in total. The predicted octanol–water partition coefficient (Wildman–Crippen LogP) is 1.94. The summed E-state index contributed by atoms with van der Waals surface area (Å²) in [6.45, 7) is 5.23. The van der Waals surface area contributed by atoms with Gasteiger partial charge in [-0.3, -0.25) is 4.68 Å². The summed E-state index contributed by atoms with van der Waals surface area (Å²) < 4.78 is 1.99. The zero-order valence-corrected chi connectivity index (χ0v) is 11.4. The summed E-state index contributed by atoms with van der Waals surface area (Å²) in [6.07, 6.45) is 9.99. The van der Waals surface area contributed by atoms with Crippen LogP contribution in [0.4, 0.5) is 0 Å². The fourth-order valence-electron chi connectivity index (χ4n) is 2.84. The molecule has 0 bridgehead atoms. The third kappa shape index (κ3) is 3.33. The van der Waals surface area contributed by atoms with Gasteiger partial charge in [-0.25, -0.2) is 0 Å². The van der Waals surface area contributed by atoms with E-state index in [1.807, 2.05) is 10.9 Å². The minimum absolute atomic E-state index is 0.138. The number of aryl methyl sites for hydroxylation is 1. The predicted molar refractivity (Wildman–Crippen MR) is 72.2 cm³/mol. The van der Waals surface area contributed by atoms with E-state index in [0.717, 1.165) is 38.9 Å². The van der Waals surface area contributed by atoms with E-state index in [9.17, 15) is 5.11 Å². The van der Waals surface area contributed by atoms with Gasteiger partial charge in [0.15, 0.2) is 0 Å². The van der Waals surface area contributed by atoms with Crippen LogP contribution in [0.25, 0.3) is 0 Å². The monoisotopic (exact) mass is 251 g/mol. The van der Waals surface area contributed by atoms with Crippen LogP contribution in [-0.4, -0.2) is 28.0 Å². The number of hydrogen-bond donors (Lipinski definition) is 2. The van der Waals surface area contributed by atoms with Gasteiger partial charge in [0.25, 0.3) is 0 Å². The van der Waals surface area contributed by atoms with E-state index in [1.165, 1.54) is 18.4 Å². The molecule has 2 rings (SSSR count). The normalized spacial score (nSPS) is 18.3. The Hall–Kier alpha value is -0.870. The Morgan fingerprint density at radius 3 is 2.89 bits per heavy atom. The second kappa shape index (κ2) is 6.34. The lowest BCUT2D eigenvalue weighted by molar-refractivity contribution is 0.128. The number of nitrogens with zero attached hydrogens (tertiary/aromatic N) is 2. The van der Waals surface area contributed by atoms with Crippen molar-refractivity contribution in [2.45, 2.75) is 52.1 Å². The van der Waals surface area contributed by atoms with Gasteiger partial charge in [0.05, 0.1) is 6.20 Å². The molecule has 1 aromatic rings. The lowest BCUT2D eigenvalue weighted by atomic mass is 9.87. The van der Waals surface area contributed by atoms with Crippen LogP contribution in [-0.2, 0) is 13.1 Å². The Morgan fingerprint density at radius 1 is 1.44 bits per heavy atom. The summed E-state index contributed by atoms with van der Waals surface area (Å²) in [5.74, 6) is 0. The van der Waals surface area contributed by atoms with Crippen molar-refractivity contribution < 1.29 is 5.11 Å². The smallest absolute Gasteiger partial charge is 0.0534 e. The molecule has 0 aromatic carbocycles. The maximum Gasteiger partial charge on any atom is 0.0534 e. The van der Waals surface area contributed by atoms with Crippen molar-refractivity contribution in [1.82, 2.24) is 15.1 Å². The van der Waals surface area contributed by atoms with Crippen molar-refractivity contribution in [3.05, 3.63) is 18.0 Å². The SMILES string of the molecule is CCCn1cc(CNCC2(CO)CCCC2)cn1. The first-order valence-corrected chi connectivity index (χ1v) is 7.11. The van der Waals surface area contributed by atoms with Crippen LogP contribution in [0.3, 0.4) is 0 Å². The second-order valence-electron chi connectivity index (χ2n) is 5.58.